The molecule has 0 spiro atoms. The number of amides is 2. The topological polar surface area (TPSA) is 84.2 Å². The third-order valence-corrected chi connectivity index (χ3v) is 3.10. The Bertz CT molecular complexity index is 304. The summed E-state index contributed by atoms with van der Waals surface area (Å²) >= 11 is 0. The first-order chi connectivity index (χ1) is 8.45. The van der Waals surface area contributed by atoms with Crippen LogP contribution in [0.15, 0.2) is 0 Å². The van der Waals surface area contributed by atoms with Crippen LogP contribution >= 0.6 is 12.4 Å². The molecule has 5 nitrogen and oxygen atoms in total. The molecule has 1 aliphatic carbocycles. The van der Waals surface area contributed by atoms with Crippen molar-refractivity contribution >= 4 is 24.2 Å². The van der Waals surface area contributed by atoms with E-state index in [1.807, 2.05) is 6.92 Å². The summed E-state index contributed by atoms with van der Waals surface area (Å²) in [5, 5.41) is 5.70. The Morgan fingerprint density at radius 2 is 2.00 bits per heavy atom. The van der Waals surface area contributed by atoms with Gasteiger partial charge < -0.3 is 16.4 Å². The average molecular weight is 292 g/mol. The fourth-order valence-electron chi connectivity index (χ4n) is 1.81. The molecule has 0 aliphatic heterocycles. The average Bonchev–Trinajstić information content (AvgIpc) is 3.07. The van der Waals surface area contributed by atoms with E-state index in [-0.39, 0.29) is 24.2 Å². The van der Waals surface area contributed by atoms with Gasteiger partial charge in [-0.2, -0.15) is 0 Å². The fourth-order valence-corrected chi connectivity index (χ4v) is 1.81. The number of carbonyl (C=O) groups is 2. The van der Waals surface area contributed by atoms with Crippen molar-refractivity contribution in [2.75, 3.05) is 6.54 Å². The highest BCUT2D eigenvalue weighted by Gasteiger charge is 2.26. The number of rotatable bonds is 8. The zero-order chi connectivity index (χ0) is 13.6. The van der Waals surface area contributed by atoms with Gasteiger partial charge in [0.2, 0.25) is 11.8 Å². The van der Waals surface area contributed by atoms with E-state index in [1.54, 1.807) is 6.92 Å². The first-order valence-corrected chi connectivity index (χ1v) is 6.82. The van der Waals surface area contributed by atoms with Crippen LogP contribution in [-0.2, 0) is 9.59 Å². The number of nitrogens with one attached hydrogen (secondary N) is 2. The highest BCUT2D eigenvalue weighted by atomic mass is 35.5. The Labute approximate surface area is 121 Å². The van der Waals surface area contributed by atoms with Crippen molar-refractivity contribution in [2.24, 2.45) is 5.73 Å². The van der Waals surface area contributed by atoms with Gasteiger partial charge in [0, 0.05) is 19.0 Å². The van der Waals surface area contributed by atoms with Crippen molar-refractivity contribution in [3.8, 4) is 0 Å². The summed E-state index contributed by atoms with van der Waals surface area (Å²) in [4.78, 5) is 23.1. The van der Waals surface area contributed by atoms with Crippen molar-refractivity contribution in [3.05, 3.63) is 0 Å². The van der Waals surface area contributed by atoms with Gasteiger partial charge in [-0.3, -0.25) is 9.59 Å². The summed E-state index contributed by atoms with van der Waals surface area (Å²) in [6, 6.07) is 0.406. The van der Waals surface area contributed by atoms with Gasteiger partial charge >= 0.3 is 0 Å². The highest BCUT2D eigenvalue weighted by Crippen LogP contribution is 2.18. The van der Waals surface area contributed by atoms with Crippen molar-refractivity contribution in [3.63, 3.8) is 0 Å². The number of hydrogen-bond donors (Lipinski definition) is 3. The molecule has 6 heteroatoms. The number of halogens is 1. The zero-order valence-electron chi connectivity index (χ0n) is 11.8. The molecule has 1 aliphatic rings. The van der Waals surface area contributed by atoms with Crippen LogP contribution in [0, 0.1) is 0 Å². The summed E-state index contributed by atoms with van der Waals surface area (Å²) < 4.78 is 0. The van der Waals surface area contributed by atoms with Gasteiger partial charge in [-0.05, 0) is 32.6 Å². The summed E-state index contributed by atoms with van der Waals surface area (Å²) in [6.45, 7) is 4.25. The Hall–Kier alpha value is -0.810. The van der Waals surface area contributed by atoms with Crippen LogP contribution in [0.5, 0.6) is 0 Å². The predicted molar refractivity (Wildman–Crippen MR) is 78.2 cm³/mol. The van der Waals surface area contributed by atoms with Gasteiger partial charge in [0.25, 0.3) is 0 Å². The van der Waals surface area contributed by atoms with Gasteiger partial charge in [0.05, 0.1) is 5.54 Å². The molecule has 0 radical (unpaired) electrons. The zero-order valence-corrected chi connectivity index (χ0v) is 12.6. The first-order valence-electron chi connectivity index (χ1n) is 6.82. The van der Waals surface area contributed by atoms with Crippen LogP contribution in [0.2, 0.25) is 0 Å². The third-order valence-electron chi connectivity index (χ3n) is 3.10. The summed E-state index contributed by atoms with van der Waals surface area (Å²) in [5.74, 6) is -0.0530. The van der Waals surface area contributed by atoms with Crippen molar-refractivity contribution < 1.29 is 9.59 Å². The summed E-state index contributed by atoms with van der Waals surface area (Å²) in [5.41, 5.74) is 5.10. The van der Waals surface area contributed by atoms with Crippen LogP contribution < -0.4 is 16.4 Å². The molecule has 112 valence electrons. The second-order valence-electron chi connectivity index (χ2n) is 5.37. The fraction of sp³-hybridized carbons (Fsp3) is 0.846. The van der Waals surface area contributed by atoms with Gasteiger partial charge in [-0.1, -0.05) is 13.3 Å². The second kappa shape index (κ2) is 8.38. The number of carbonyl (C=O) groups excluding carboxylic acids is 2. The van der Waals surface area contributed by atoms with Gasteiger partial charge in [0.15, 0.2) is 0 Å². The summed E-state index contributed by atoms with van der Waals surface area (Å²) in [6.07, 6.45) is 4.87. The summed E-state index contributed by atoms with van der Waals surface area (Å²) in [7, 11) is 0. The minimum atomic E-state index is -0.801. The molecule has 0 aromatic carbocycles. The van der Waals surface area contributed by atoms with Gasteiger partial charge in [0.1, 0.15) is 0 Å². The molecule has 1 fully saturated rings. The molecular formula is C13H26ClN3O2. The lowest BCUT2D eigenvalue weighted by atomic mass is 9.96. The van der Waals surface area contributed by atoms with Crippen LogP contribution in [0.3, 0.4) is 0 Å². The SMILES string of the molecule is CCCC(C)(N)C(=O)NCCCC(=O)NC1CC1.Cl. The van der Waals surface area contributed by atoms with E-state index in [0.29, 0.717) is 31.8 Å². The standard InChI is InChI=1S/C13H25N3O2.ClH/c1-3-8-13(2,14)12(18)15-9-4-5-11(17)16-10-6-7-10;/h10H,3-9,14H2,1-2H3,(H,15,18)(H,16,17);1H. The predicted octanol–water partition coefficient (Wildman–Crippen LogP) is 1.10. The molecule has 19 heavy (non-hydrogen) atoms. The minimum Gasteiger partial charge on any atom is -0.354 e. The molecule has 0 aromatic heterocycles. The van der Waals surface area contributed by atoms with Crippen LogP contribution in [0.25, 0.3) is 0 Å². The van der Waals surface area contributed by atoms with E-state index in [2.05, 4.69) is 10.6 Å². The van der Waals surface area contributed by atoms with Crippen molar-refractivity contribution in [2.45, 2.75) is 64.0 Å². The Morgan fingerprint density at radius 3 is 2.53 bits per heavy atom. The number of hydrogen-bond acceptors (Lipinski definition) is 3. The Morgan fingerprint density at radius 1 is 1.37 bits per heavy atom. The molecule has 0 heterocycles. The molecule has 4 N–H and O–H groups in total. The minimum absolute atomic E-state index is 0. The molecular weight excluding hydrogens is 266 g/mol. The van der Waals surface area contributed by atoms with Gasteiger partial charge in [-0.25, -0.2) is 0 Å². The quantitative estimate of drug-likeness (QED) is 0.586. The van der Waals surface area contributed by atoms with Crippen molar-refractivity contribution in [1.29, 1.82) is 0 Å². The Kier molecular flexibility index (Phi) is 8.02. The monoisotopic (exact) mass is 291 g/mol. The van der Waals surface area contributed by atoms with Crippen LogP contribution in [-0.4, -0.2) is 29.9 Å². The van der Waals surface area contributed by atoms with E-state index in [0.717, 1.165) is 19.3 Å². The van der Waals surface area contributed by atoms with E-state index in [9.17, 15) is 9.59 Å². The molecule has 0 saturated heterocycles. The Balaban J connectivity index is 0.00000324. The second-order valence-corrected chi connectivity index (χ2v) is 5.37. The number of nitrogens with two attached hydrogens (primary N) is 1. The smallest absolute Gasteiger partial charge is 0.239 e. The maximum absolute atomic E-state index is 11.8. The first kappa shape index (κ1) is 18.2. The lowest BCUT2D eigenvalue weighted by Gasteiger charge is -2.22. The maximum Gasteiger partial charge on any atom is 0.239 e. The molecule has 0 aromatic rings. The molecule has 1 unspecified atom stereocenters. The largest absolute Gasteiger partial charge is 0.354 e. The van der Waals surface area contributed by atoms with Crippen LogP contribution in [0.4, 0.5) is 0 Å². The highest BCUT2D eigenvalue weighted by molar-refractivity contribution is 5.85. The normalized spacial score (nSPS) is 17.0. The van der Waals surface area contributed by atoms with Gasteiger partial charge in [-0.15, -0.1) is 12.4 Å². The van der Waals surface area contributed by atoms with Crippen molar-refractivity contribution in [1.82, 2.24) is 10.6 Å². The van der Waals surface area contributed by atoms with E-state index >= 15 is 0 Å². The van der Waals surface area contributed by atoms with E-state index < -0.39 is 5.54 Å². The third kappa shape index (κ3) is 7.38. The molecule has 1 rings (SSSR count). The molecule has 0 bridgehead atoms. The lowest BCUT2D eigenvalue weighted by Crippen LogP contribution is -2.51. The van der Waals surface area contributed by atoms with E-state index in [1.165, 1.54) is 0 Å². The molecule has 1 saturated carbocycles. The molecule has 1 atom stereocenters. The lowest BCUT2D eigenvalue weighted by molar-refractivity contribution is -0.126. The maximum atomic E-state index is 11.8. The van der Waals surface area contributed by atoms with E-state index in [4.69, 9.17) is 5.73 Å². The molecule has 2 amide bonds. The van der Waals surface area contributed by atoms with Crippen LogP contribution in [0.1, 0.15) is 52.4 Å².